The van der Waals surface area contributed by atoms with Crippen molar-refractivity contribution in [3.05, 3.63) is 18.2 Å². The van der Waals surface area contributed by atoms with E-state index in [1.165, 1.54) is 18.5 Å². The molecule has 2 nitrogen and oxygen atoms in total. The van der Waals surface area contributed by atoms with Gasteiger partial charge in [0.25, 0.3) is 0 Å². The van der Waals surface area contributed by atoms with Crippen molar-refractivity contribution in [2.75, 3.05) is 0 Å². The molecule has 0 spiro atoms. The Balaban J connectivity index is 2.36. The molecule has 14 heavy (non-hydrogen) atoms. The standard InChI is InChI=1S/C12H22N2/c1-10(2)6-5-7-14-8-12(11(3)4)13-9-14/h8-11H,5-7H2,1-4H3. The smallest absolute Gasteiger partial charge is 0.0949 e. The first kappa shape index (κ1) is 11.3. The third-order valence-corrected chi connectivity index (χ3v) is 2.44. The van der Waals surface area contributed by atoms with E-state index in [1.54, 1.807) is 0 Å². The van der Waals surface area contributed by atoms with Crippen LogP contribution in [0.5, 0.6) is 0 Å². The Morgan fingerprint density at radius 2 is 2.00 bits per heavy atom. The van der Waals surface area contributed by atoms with Crippen LogP contribution in [0.2, 0.25) is 0 Å². The molecule has 0 aliphatic heterocycles. The lowest BCUT2D eigenvalue weighted by Crippen LogP contribution is -1.97. The monoisotopic (exact) mass is 194 g/mol. The Kier molecular flexibility index (Phi) is 4.18. The number of aryl methyl sites for hydroxylation is 1. The Labute approximate surface area is 87.4 Å². The Morgan fingerprint density at radius 1 is 1.29 bits per heavy atom. The average molecular weight is 194 g/mol. The van der Waals surface area contributed by atoms with Gasteiger partial charge in [-0.25, -0.2) is 4.98 Å². The molecule has 0 aliphatic rings. The fraction of sp³-hybridized carbons (Fsp3) is 0.750. The summed E-state index contributed by atoms with van der Waals surface area (Å²) in [5.41, 5.74) is 1.20. The maximum atomic E-state index is 4.38. The van der Waals surface area contributed by atoms with E-state index in [1.807, 2.05) is 6.33 Å². The third kappa shape index (κ3) is 3.52. The molecule has 0 radical (unpaired) electrons. The maximum absolute atomic E-state index is 4.38. The first-order valence-electron chi connectivity index (χ1n) is 5.61. The van der Waals surface area contributed by atoms with Gasteiger partial charge < -0.3 is 4.57 Å². The first-order chi connectivity index (χ1) is 6.59. The Hall–Kier alpha value is -0.790. The van der Waals surface area contributed by atoms with Crippen LogP contribution in [0.4, 0.5) is 0 Å². The molecule has 0 saturated carbocycles. The molecule has 0 N–H and O–H groups in total. The van der Waals surface area contributed by atoms with Crippen LogP contribution in [-0.4, -0.2) is 9.55 Å². The van der Waals surface area contributed by atoms with Gasteiger partial charge >= 0.3 is 0 Å². The molecule has 0 fully saturated rings. The highest BCUT2D eigenvalue weighted by molar-refractivity contribution is 5.01. The third-order valence-electron chi connectivity index (χ3n) is 2.44. The molecule has 0 aromatic carbocycles. The predicted octanol–water partition coefficient (Wildman–Crippen LogP) is 3.44. The number of hydrogen-bond donors (Lipinski definition) is 0. The van der Waals surface area contributed by atoms with Gasteiger partial charge in [-0.05, 0) is 24.7 Å². The normalized spacial score (nSPS) is 11.6. The zero-order chi connectivity index (χ0) is 10.6. The van der Waals surface area contributed by atoms with Gasteiger partial charge in [0, 0.05) is 12.7 Å². The van der Waals surface area contributed by atoms with E-state index < -0.39 is 0 Å². The SMILES string of the molecule is CC(C)CCCn1cnc(C(C)C)c1. The van der Waals surface area contributed by atoms with Gasteiger partial charge in [-0.15, -0.1) is 0 Å². The lowest BCUT2D eigenvalue weighted by atomic mass is 10.1. The zero-order valence-electron chi connectivity index (χ0n) is 9.83. The van der Waals surface area contributed by atoms with Gasteiger partial charge in [0.15, 0.2) is 0 Å². The fourth-order valence-corrected chi connectivity index (χ4v) is 1.48. The molecule has 0 amide bonds. The summed E-state index contributed by atoms with van der Waals surface area (Å²) in [5.74, 6) is 1.35. The Morgan fingerprint density at radius 3 is 2.50 bits per heavy atom. The molecule has 1 aromatic rings. The largest absolute Gasteiger partial charge is 0.337 e. The topological polar surface area (TPSA) is 17.8 Å². The fourth-order valence-electron chi connectivity index (χ4n) is 1.48. The lowest BCUT2D eigenvalue weighted by molar-refractivity contribution is 0.511. The van der Waals surface area contributed by atoms with Crippen LogP contribution in [0, 0.1) is 5.92 Å². The first-order valence-corrected chi connectivity index (χ1v) is 5.61. The zero-order valence-corrected chi connectivity index (χ0v) is 9.83. The summed E-state index contributed by atoms with van der Waals surface area (Å²) in [6.45, 7) is 10.0. The van der Waals surface area contributed by atoms with Crippen LogP contribution in [0.3, 0.4) is 0 Å². The molecule has 2 heteroatoms. The van der Waals surface area contributed by atoms with Crippen molar-refractivity contribution in [2.24, 2.45) is 5.92 Å². The number of nitrogens with zero attached hydrogens (tertiary/aromatic N) is 2. The van der Waals surface area contributed by atoms with E-state index in [0.717, 1.165) is 12.5 Å². The highest BCUT2D eigenvalue weighted by Gasteiger charge is 2.02. The van der Waals surface area contributed by atoms with E-state index >= 15 is 0 Å². The molecule has 0 unspecified atom stereocenters. The van der Waals surface area contributed by atoms with Gasteiger partial charge in [0.05, 0.1) is 12.0 Å². The van der Waals surface area contributed by atoms with Crippen LogP contribution < -0.4 is 0 Å². The van der Waals surface area contributed by atoms with Crippen LogP contribution >= 0.6 is 0 Å². The number of aromatic nitrogens is 2. The van der Waals surface area contributed by atoms with Crippen molar-refractivity contribution in [2.45, 2.75) is 53.0 Å². The molecule has 0 aliphatic carbocycles. The Bertz CT molecular complexity index is 261. The molecule has 1 rings (SSSR count). The molecule has 0 bridgehead atoms. The molecule has 0 saturated heterocycles. The van der Waals surface area contributed by atoms with E-state index in [0.29, 0.717) is 5.92 Å². The van der Waals surface area contributed by atoms with Crippen molar-refractivity contribution in [1.82, 2.24) is 9.55 Å². The van der Waals surface area contributed by atoms with Gasteiger partial charge in [-0.2, -0.15) is 0 Å². The predicted molar refractivity (Wildman–Crippen MR) is 60.4 cm³/mol. The summed E-state index contributed by atoms with van der Waals surface area (Å²) in [7, 11) is 0. The van der Waals surface area contributed by atoms with Crippen molar-refractivity contribution in [3.8, 4) is 0 Å². The summed E-state index contributed by atoms with van der Waals surface area (Å²) < 4.78 is 2.21. The molecular weight excluding hydrogens is 172 g/mol. The van der Waals surface area contributed by atoms with Crippen molar-refractivity contribution >= 4 is 0 Å². The van der Waals surface area contributed by atoms with Gasteiger partial charge in [0.2, 0.25) is 0 Å². The summed E-state index contributed by atoms with van der Waals surface area (Å²) >= 11 is 0. The average Bonchev–Trinajstić information content (AvgIpc) is 2.52. The number of rotatable bonds is 5. The number of imidazole rings is 1. The molecule has 1 aromatic heterocycles. The van der Waals surface area contributed by atoms with E-state index in [4.69, 9.17) is 0 Å². The van der Waals surface area contributed by atoms with Crippen molar-refractivity contribution in [1.29, 1.82) is 0 Å². The van der Waals surface area contributed by atoms with E-state index in [-0.39, 0.29) is 0 Å². The molecule has 1 heterocycles. The van der Waals surface area contributed by atoms with Gasteiger partial charge in [-0.1, -0.05) is 27.7 Å². The minimum atomic E-state index is 0.543. The maximum Gasteiger partial charge on any atom is 0.0949 e. The highest BCUT2D eigenvalue weighted by Crippen LogP contribution is 2.11. The minimum absolute atomic E-state index is 0.543. The van der Waals surface area contributed by atoms with Crippen molar-refractivity contribution in [3.63, 3.8) is 0 Å². The van der Waals surface area contributed by atoms with E-state index in [2.05, 4.69) is 43.4 Å². The van der Waals surface area contributed by atoms with E-state index in [9.17, 15) is 0 Å². The second-order valence-corrected chi connectivity index (χ2v) is 4.73. The molecule has 0 atom stereocenters. The lowest BCUT2D eigenvalue weighted by Gasteiger charge is -2.04. The quantitative estimate of drug-likeness (QED) is 0.702. The molecular formula is C12H22N2. The van der Waals surface area contributed by atoms with Crippen LogP contribution in [0.15, 0.2) is 12.5 Å². The van der Waals surface area contributed by atoms with Gasteiger partial charge in [-0.3, -0.25) is 0 Å². The van der Waals surface area contributed by atoms with Crippen LogP contribution in [0.25, 0.3) is 0 Å². The summed E-state index contributed by atoms with van der Waals surface area (Å²) in [6, 6.07) is 0. The summed E-state index contributed by atoms with van der Waals surface area (Å²) in [5, 5.41) is 0. The van der Waals surface area contributed by atoms with Gasteiger partial charge in [0.1, 0.15) is 0 Å². The molecule has 80 valence electrons. The second kappa shape index (κ2) is 5.18. The van der Waals surface area contributed by atoms with Crippen LogP contribution in [0.1, 0.15) is 52.1 Å². The van der Waals surface area contributed by atoms with Crippen molar-refractivity contribution < 1.29 is 0 Å². The number of hydrogen-bond acceptors (Lipinski definition) is 1. The summed E-state index contributed by atoms with van der Waals surface area (Å²) in [6.07, 6.45) is 6.68. The second-order valence-electron chi connectivity index (χ2n) is 4.73. The minimum Gasteiger partial charge on any atom is -0.337 e. The highest BCUT2D eigenvalue weighted by atomic mass is 15.0. The summed E-state index contributed by atoms with van der Waals surface area (Å²) in [4.78, 5) is 4.38. The van der Waals surface area contributed by atoms with Crippen LogP contribution in [-0.2, 0) is 6.54 Å².